The van der Waals surface area contributed by atoms with Gasteiger partial charge in [0.15, 0.2) is 18.9 Å². The van der Waals surface area contributed by atoms with Crippen LogP contribution >= 0.6 is 0 Å². The fourth-order valence-electron chi connectivity index (χ4n) is 13.9. The van der Waals surface area contributed by atoms with Gasteiger partial charge in [-0.2, -0.15) is 0 Å². The Hall–Kier alpha value is -1.47. The molecule has 0 aromatic heterocycles. The molecular formula is C77H147NO18. The lowest BCUT2D eigenvalue weighted by Crippen LogP contribution is -2.66. The zero-order chi connectivity index (χ0) is 69.6. The number of aliphatic hydroxyl groups excluding tert-OH is 11. The number of aliphatic hydroxyl groups is 11. The van der Waals surface area contributed by atoms with Crippen molar-refractivity contribution in [3.63, 3.8) is 0 Å². The Balaban J connectivity index is 1.31. The maximum absolute atomic E-state index is 13.5. The van der Waals surface area contributed by atoms with E-state index in [9.17, 15) is 61.0 Å². The normalized spacial score (nSPS) is 27.0. The minimum atomic E-state index is -1.97. The summed E-state index contributed by atoms with van der Waals surface area (Å²) in [5.74, 6) is -0.235. The molecule has 0 saturated carbocycles. The van der Waals surface area contributed by atoms with Crippen molar-refractivity contribution >= 4 is 5.91 Å². The number of carbonyl (C=O) groups excluding carboxylic acids is 1. The minimum Gasteiger partial charge on any atom is -0.394 e. The highest BCUT2D eigenvalue weighted by molar-refractivity contribution is 5.76. The second-order valence-electron chi connectivity index (χ2n) is 28.9. The molecule has 568 valence electrons. The minimum absolute atomic E-state index is 0.235. The summed E-state index contributed by atoms with van der Waals surface area (Å²) in [6, 6.07) is -0.883. The predicted octanol–water partition coefficient (Wildman–Crippen LogP) is 12.8. The van der Waals surface area contributed by atoms with Crippen LogP contribution in [0.5, 0.6) is 0 Å². The molecule has 17 atom stereocenters. The zero-order valence-electron chi connectivity index (χ0n) is 60.6. The third-order valence-corrected chi connectivity index (χ3v) is 20.3. The van der Waals surface area contributed by atoms with Crippen LogP contribution in [0.2, 0.25) is 0 Å². The van der Waals surface area contributed by atoms with Crippen molar-refractivity contribution in [2.24, 2.45) is 0 Å². The number of nitrogens with one attached hydrogen (secondary N) is 1. The van der Waals surface area contributed by atoms with Crippen molar-refractivity contribution in [3.05, 3.63) is 12.2 Å². The summed E-state index contributed by atoms with van der Waals surface area (Å²) in [7, 11) is 0. The molecular weight excluding hydrogens is 1230 g/mol. The third kappa shape index (κ3) is 39.3. The molecule has 19 nitrogen and oxygen atoms in total. The molecule has 0 aromatic carbocycles. The number of hydrogen-bond donors (Lipinski definition) is 12. The van der Waals surface area contributed by atoms with Crippen LogP contribution in [0.1, 0.15) is 341 Å². The molecule has 96 heavy (non-hydrogen) atoms. The van der Waals surface area contributed by atoms with Gasteiger partial charge in [0.25, 0.3) is 0 Å². The summed E-state index contributed by atoms with van der Waals surface area (Å²) in [6.07, 6.45) is 41.8. The maximum atomic E-state index is 13.5. The van der Waals surface area contributed by atoms with Crippen LogP contribution < -0.4 is 5.32 Å². The molecule has 12 N–H and O–H groups in total. The van der Waals surface area contributed by atoms with Crippen molar-refractivity contribution in [1.82, 2.24) is 5.32 Å². The van der Waals surface area contributed by atoms with Gasteiger partial charge in [0.1, 0.15) is 73.2 Å². The van der Waals surface area contributed by atoms with Crippen LogP contribution in [0.15, 0.2) is 12.2 Å². The van der Waals surface area contributed by atoms with E-state index in [0.29, 0.717) is 12.8 Å². The molecule has 17 unspecified atom stereocenters. The molecule has 0 aromatic rings. The molecule has 0 aliphatic carbocycles. The largest absolute Gasteiger partial charge is 0.394 e. The zero-order valence-corrected chi connectivity index (χ0v) is 60.6. The molecule has 3 saturated heterocycles. The summed E-state index contributed by atoms with van der Waals surface area (Å²) in [6.45, 7) is 1.85. The maximum Gasteiger partial charge on any atom is 0.220 e. The average Bonchev–Trinajstić information content (AvgIpc) is 0.798. The lowest BCUT2D eigenvalue weighted by Gasteiger charge is -2.48. The number of amides is 1. The predicted molar refractivity (Wildman–Crippen MR) is 379 cm³/mol. The quantitative estimate of drug-likeness (QED) is 0.0199. The highest BCUT2D eigenvalue weighted by Gasteiger charge is 2.54. The van der Waals surface area contributed by atoms with E-state index in [-0.39, 0.29) is 18.9 Å². The standard InChI is InChI=1S/C77H147NO18/c1-3-5-7-9-11-13-15-17-19-21-22-23-24-25-26-27-28-29-30-31-32-33-34-35-36-37-38-39-41-43-45-47-49-51-53-55-65(83)78-60(61(82)54-52-50-48-46-44-42-40-20-18-16-14-12-10-8-6-4-2)59-91-75-71(89)68(86)73(63(57-80)93-75)96-77-72(90)69(87)74(64(58-81)94-77)95-76-70(88)67(85)66(84)62(56-79)92-76/h21-22,60-64,66-77,79-82,84-90H,3-20,23-59H2,1-2H3,(H,78,83)/b22-21-. The number of ether oxygens (including phenoxy) is 6. The summed E-state index contributed by atoms with van der Waals surface area (Å²) in [5.41, 5.74) is 0. The number of unbranched alkanes of at least 4 members (excludes halogenated alkanes) is 46. The van der Waals surface area contributed by atoms with Crippen LogP contribution in [0.3, 0.4) is 0 Å². The topological polar surface area (TPSA) is 307 Å². The van der Waals surface area contributed by atoms with E-state index in [4.69, 9.17) is 28.4 Å². The van der Waals surface area contributed by atoms with E-state index in [0.717, 1.165) is 44.9 Å². The first-order valence-corrected chi connectivity index (χ1v) is 39.9. The number of allylic oxidation sites excluding steroid dienone is 2. The lowest BCUT2D eigenvalue weighted by atomic mass is 9.96. The molecule has 0 radical (unpaired) electrons. The van der Waals surface area contributed by atoms with E-state index in [1.807, 2.05) is 0 Å². The van der Waals surface area contributed by atoms with Crippen LogP contribution in [0.25, 0.3) is 0 Å². The second-order valence-corrected chi connectivity index (χ2v) is 28.9. The van der Waals surface area contributed by atoms with Gasteiger partial charge in [-0.05, 0) is 38.5 Å². The first-order valence-electron chi connectivity index (χ1n) is 39.9. The van der Waals surface area contributed by atoms with E-state index in [1.54, 1.807) is 0 Å². The molecule has 3 aliphatic rings. The average molecular weight is 1380 g/mol. The van der Waals surface area contributed by atoms with Gasteiger partial charge in [0.2, 0.25) is 5.91 Å². The van der Waals surface area contributed by atoms with Gasteiger partial charge in [0.05, 0.1) is 38.6 Å². The second kappa shape index (κ2) is 59.0. The molecule has 0 spiro atoms. The van der Waals surface area contributed by atoms with Gasteiger partial charge in [-0.15, -0.1) is 0 Å². The molecule has 3 heterocycles. The Labute approximate surface area is 582 Å². The van der Waals surface area contributed by atoms with Crippen molar-refractivity contribution in [3.8, 4) is 0 Å². The molecule has 19 heteroatoms. The smallest absolute Gasteiger partial charge is 0.220 e. The Morgan fingerprint density at radius 3 is 1.01 bits per heavy atom. The van der Waals surface area contributed by atoms with Gasteiger partial charge in [-0.1, -0.05) is 309 Å². The molecule has 3 aliphatic heterocycles. The molecule has 3 rings (SSSR count). The SMILES string of the molecule is CCCCCCCCCC/C=C\CCCCCCCCCCCCCCCCCCCCCCCCCC(=O)NC(COC1OC(CO)C(OC2OC(CO)C(OC3OC(CO)C(O)C(O)C3O)C(O)C2O)C(O)C1O)C(O)CCCCCCCCCCCCCCCCCC. The Kier molecular flexibility index (Phi) is 54.5. The van der Waals surface area contributed by atoms with Crippen LogP contribution in [-0.4, -0.2) is 193 Å². The summed E-state index contributed by atoms with van der Waals surface area (Å²) < 4.78 is 34.5. The molecule has 3 fully saturated rings. The van der Waals surface area contributed by atoms with Crippen molar-refractivity contribution in [1.29, 1.82) is 0 Å². The summed E-state index contributed by atoms with van der Waals surface area (Å²) >= 11 is 0. The summed E-state index contributed by atoms with van der Waals surface area (Å²) in [5, 5.41) is 121. The fraction of sp³-hybridized carbons (Fsp3) is 0.961. The summed E-state index contributed by atoms with van der Waals surface area (Å²) in [4.78, 5) is 13.5. The van der Waals surface area contributed by atoms with E-state index < -0.39 is 124 Å². The fourth-order valence-corrected chi connectivity index (χ4v) is 13.9. The van der Waals surface area contributed by atoms with Crippen molar-refractivity contribution < 1.29 is 89.4 Å². The van der Waals surface area contributed by atoms with Crippen LogP contribution in [0, 0.1) is 0 Å². The van der Waals surface area contributed by atoms with E-state index in [1.165, 1.54) is 263 Å². The molecule has 0 bridgehead atoms. The van der Waals surface area contributed by atoms with E-state index in [2.05, 4.69) is 31.3 Å². The van der Waals surface area contributed by atoms with Crippen molar-refractivity contribution in [2.45, 2.75) is 446 Å². The first-order chi connectivity index (χ1) is 46.8. The Morgan fingerprint density at radius 1 is 0.365 bits per heavy atom. The van der Waals surface area contributed by atoms with E-state index >= 15 is 0 Å². The van der Waals surface area contributed by atoms with Gasteiger partial charge < -0.3 is 89.9 Å². The first kappa shape index (κ1) is 88.7. The van der Waals surface area contributed by atoms with Crippen molar-refractivity contribution in [2.75, 3.05) is 26.4 Å². The number of carbonyl (C=O) groups is 1. The monoisotopic (exact) mass is 1370 g/mol. The number of hydrogen-bond acceptors (Lipinski definition) is 18. The van der Waals surface area contributed by atoms with Crippen LogP contribution in [0.4, 0.5) is 0 Å². The highest BCUT2D eigenvalue weighted by atomic mass is 16.8. The lowest BCUT2D eigenvalue weighted by molar-refractivity contribution is -0.379. The molecule has 1 amide bonds. The van der Waals surface area contributed by atoms with Crippen LogP contribution in [-0.2, 0) is 33.2 Å². The third-order valence-electron chi connectivity index (χ3n) is 20.3. The Morgan fingerprint density at radius 2 is 0.656 bits per heavy atom. The highest BCUT2D eigenvalue weighted by Crippen LogP contribution is 2.33. The Bertz CT molecular complexity index is 1790. The van der Waals surface area contributed by atoms with Gasteiger partial charge in [0, 0.05) is 6.42 Å². The van der Waals surface area contributed by atoms with Gasteiger partial charge in [-0.3, -0.25) is 4.79 Å². The number of rotatable bonds is 64. The van der Waals surface area contributed by atoms with Gasteiger partial charge >= 0.3 is 0 Å². The van der Waals surface area contributed by atoms with Gasteiger partial charge in [-0.25, -0.2) is 0 Å².